The number of carbonyl (C=O) groups is 2. The minimum absolute atomic E-state index is 0.0408. The number of H-pyrrole nitrogens is 1. The molecule has 1 saturated carbocycles. The van der Waals surface area contributed by atoms with Crippen molar-refractivity contribution in [1.82, 2.24) is 19.9 Å². The lowest BCUT2D eigenvalue weighted by molar-refractivity contribution is -0.293. The maximum atomic E-state index is 13.8. The van der Waals surface area contributed by atoms with Crippen LogP contribution in [0.1, 0.15) is 32.0 Å². The van der Waals surface area contributed by atoms with Crippen LogP contribution < -0.4 is 11.1 Å². The summed E-state index contributed by atoms with van der Waals surface area (Å²) in [5, 5.41) is 3.14. The number of aromatic nitrogens is 4. The molecule has 2 aliphatic rings. The summed E-state index contributed by atoms with van der Waals surface area (Å²) in [5.41, 5.74) is 6.41. The van der Waals surface area contributed by atoms with Gasteiger partial charge in [0.15, 0.2) is 5.82 Å². The maximum Gasteiger partial charge on any atom is 0.316 e. The van der Waals surface area contributed by atoms with Crippen molar-refractivity contribution in [1.29, 1.82) is 0 Å². The van der Waals surface area contributed by atoms with E-state index in [2.05, 4.69) is 25.3 Å². The summed E-state index contributed by atoms with van der Waals surface area (Å²) >= 11 is 0. The molecule has 41 heavy (non-hydrogen) atoms. The number of ether oxygens (including phenoxy) is 4. The average Bonchev–Trinajstić information content (AvgIpc) is 3.70. The minimum Gasteiger partial charge on any atom is -0.465 e. The van der Waals surface area contributed by atoms with E-state index in [1.165, 1.54) is 12.1 Å². The molecule has 1 aliphatic heterocycles. The molecular weight excluding hydrogens is 535 g/mol. The number of anilines is 1. The number of primary amides is 1. The number of methoxy groups -OCH3 is 1. The van der Waals surface area contributed by atoms with Crippen LogP contribution in [-0.2, 0) is 34.3 Å². The predicted molar refractivity (Wildman–Crippen MR) is 145 cm³/mol. The SMILES string of the molecule is COCCCNc1nccc(-c2[nH]c(C3(C(N)=O)OCC(C)(C(=O)OCC4CC4)CO3)nc2-c2ccc(F)cc2)n1. The summed E-state index contributed by atoms with van der Waals surface area (Å²) in [4.78, 5) is 42.2. The third-order valence-corrected chi connectivity index (χ3v) is 7.01. The average molecular weight is 569 g/mol. The van der Waals surface area contributed by atoms with Crippen LogP contribution in [0.5, 0.6) is 0 Å². The second kappa shape index (κ2) is 11.9. The summed E-state index contributed by atoms with van der Waals surface area (Å²) in [7, 11) is 1.63. The van der Waals surface area contributed by atoms with Crippen LogP contribution in [-0.4, -0.2) is 71.9 Å². The molecule has 13 heteroatoms. The Labute approximate surface area is 236 Å². The highest BCUT2D eigenvalue weighted by atomic mass is 19.1. The highest BCUT2D eigenvalue weighted by molar-refractivity contribution is 5.85. The smallest absolute Gasteiger partial charge is 0.316 e. The van der Waals surface area contributed by atoms with Crippen molar-refractivity contribution in [3.63, 3.8) is 0 Å². The number of aromatic amines is 1. The van der Waals surface area contributed by atoms with Crippen molar-refractivity contribution in [2.45, 2.75) is 32.0 Å². The van der Waals surface area contributed by atoms with E-state index in [4.69, 9.17) is 24.7 Å². The molecule has 2 aromatic heterocycles. The number of nitrogens with zero attached hydrogens (tertiary/aromatic N) is 3. The van der Waals surface area contributed by atoms with Gasteiger partial charge in [-0.05, 0) is 62.4 Å². The van der Waals surface area contributed by atoms with Crippen molar-refractivity contribution in [2.24, 2.45) is 17.1 Å². The van der Waals surface area contributed by atoms with Gasteiger partial charge in [-0.25, -0.2) is 19.3 Å². The van der Waals surface area contributed by atoms with Crippen LogP contribution in [0.3, 0.4) is 0 Å². The van der Waals surface area contributed by atoms with E-state index >= 15 is 0 Å². The van der Waals surface area contributed by atoms with E-state index in [1.807, 2.05) is 0 Å². The van der Waals surface area contributed by atoms with Crippen molar-refractivity contribution >= 4 is 17.8 Å². The molecule has 2 fully saturated rings. The molecule has 12 nitrogen and oxygen atoms in total. The van der Waals surface area contributed by atoms with E-state index in [0.717, 1.165) is 19.3 Å². The number of nitrogens with one attached hydrogen (secondary N) is 2. The number of halogens is 1. The van der Waals surface area contributed by atoms with E-state index in [9.17, 15) is 14.0 Å². The molecule has 1 aromatic carbocycles. The lowest BCUT2D eigenvalue weighted by Gasteiger charge is -2.40. The standard InChI is InChI=1S/C28H33FN6O6/c1-27(25(37)39-14-17-4-5-17)15-40-28(23(30)36,41-16-27)24-34-21(18-6-8-19(29)9-7-18)22(35-24)20-10-12-32-26(33-20)31-11-3-13-38-2/h6-10,12,17H,3-5,11,13-16H2,1-2H3,(H2,30,36)(H,34,35)(H,31,32,33). The molecule has 3 heterocycles. The molecule has 0 spiro atoms. The lowest BCUT2D eigenvalue weighted by atomic mass is 9.91. The Kier molecular flexibility index (Phi) is 8.29. The Morgan fingerprint density at radius 2 is 1.90 bits per heavy atom. The van der Waals surface area contributed by atoms with Gasteiger partial charge in [0.25, 0.3) is 5.91 Å². The van der Waals surface area contributed by atoms with Crippen LogP contribution in [0.2, 0.25) is 0 Å². The molecule has 4 N–H and O–H groups in total. The largest absolute Gasteiger partial charge is 0.465 e. The molecule has 1 amide bonds. The van der Waals surface area contributed by atoms with Crippen LogP contribution in [0.4, 0.5) is 10.3 Å². The van der Waals surface area contributed by atoms with E-state index in [0.29, 0.717) is 54.3 Å². The first kappa shape index (κ1) is 28.6. The van der Waals surface area contributed by atoms with Gasteiger partial charge in [-0.3, -0.25) is 9.59 Å². The maximum absolute atomic E-state index is 13.8. The van der Waals surface area contributed by atoms with Gasteiger partial charge >= 0.3 is 11.8 Å². The highest BCUT2D eigenvalue weighted by Crippen LogP contribution is 2.40. The first-order chi connectivity index (χ1) is 19.7. The molecule has 3 aromatic rings. The fourth-order valence-corrected chi connectivity index (χ4v) is 4.30. The van der Waals surface area contributed by atoms with Crippen molar-refractivity contribution < 1.29 is 32.9 Å². The number of hydrogen-bond acceptors (Lipinski definition) is 10. The first-order valence-electron chi connectivity index (χ1n) is 13.4. The van der Waals surface area contributed by atoms with Gasteiger partial charge in [0, 0.05) is 32.0 Å². The lowest BCUT2D eigenvalue weighted by Crippen LogP contribution is -2.56. The van der Waals surface area contributed by atoms with Crippen molar-refractivity contribution in [2.75, 3.05) is 45.4 Å². The molecule has 1 saturated heterocycles. The number of nitrogens with two attached hydrogens (primary N) is 1. The summed E-state index contributed by atoms with van der Waals surface area (Å²) in [6, 6.07) is 7.36. The second-order valence-corrected chi connectivity index (χ2v) is 10.5. The summed E-state index contributed by atoms with van der Waals surface area (Å²) < 4.78 is 36.1. The Hall–Kier alpha value is -3.94. The van der Waals surface area contributed by atoms with Gasteiger partial charge in [0.1, 0.15) is 11.2 Å². The topological polar surface area (TPSA) is 164 Å². The first-order valence-corrected chi connectivity index (χ1v) is 13.4. The van der Waals surface area contributed by atoms with E-state index in [1.54, 1.807) is 38.4 Å². The molecular formula is C28H33FN6O6. The third-order valence-electron chi connectivity index (χ3n) is 7.01. The van der Waals surface area contributed by atoms with Crippen molar-refractivity contribution in [3.05, 3.63) is 48.2 Å². The molecule has 1 aliphatic carbocycles. The Bertz CT molecular complexity index is 1380. The summed E-state index contributed by atoms with van der Waals surface area (Å²) in [5.74, 6) is -3.24. The fourth-order valence-electron chi connectivity index (χ4n) is 4.30. The van der Waals surface area contributed by atoms with Gasteiger partial charge in [-0.15, -0.1) is 0 Å². The van der Waals surface area contributed by atoms with Gasteiger partial charge in [0.05, 0.1) is 36.9 Å². The van der Waals surface area contributed by atoms with Gasteiger partial charge in [-0.1, -0.05) is 0 Å². The number of carbonyl (C=O) groups excluding carboxylic acids is 2. The predicted octanol–water partition coefficient (Wildman–Crippen LogP) is 2.77. The second-order valence-electron chi connectivity index (χ2n) is 10.5. The molecule has 0 radical (unpaired) electrons. The Morgan fingerprint density at radius 1 is 1.17 bits per heavy atom. The molecule has 0 bridgehead atoms. The zero-order chi connectivity index (χ0) is 29.0. The van der Waals surface area contributed by atoms with Crippen LogP contribution in [0.15, 0.2) is 36.5 Å². The zero-order valence-electron chi connectivity index (χ0n) is 22.9. The molecule has 5 rings (SSSR count). The number of benzene rings is 1. The molecule has 218 valence electrons. The van der Waals surface area contributed by atoms with Crippen LogP contribution >= 0.6 is 0 Å². The Morgan fingerprint density at radius 3 is 2.56 bits per heavy atom. The number of amides is 1. The minimum atomic E-state index is -2.11. The van der Waals surface area contributed by atoms with Crippen LogP contribution in [0.25, 0.3) is 22.6 Å². The molecule has 0 unspecified atom stereocenters. The molecule has 0 atom stereocenters. The van der Waals surface area contributed by atoms with E-state index < -0.39 is 28.9 Å². The van der Waals surface area contributed by atoms with Gasteiger partial charge < -0.3 is 35.0 Å². The third kappa shape index (κ3) is 6.21. The van der Waals surface area contributed by atoms with Crippen LogP contribution in [0, 0.1) is 17.2 Å². The number of esters is 1. The number of imidazole rings is 1. The van der Waals surface area contributed by atoms with Gasteiger partial charge in [0.2, 0.25) is 5.95 Å². The number of rotatable bonds is 12. The monoisotopic (exact) mass is 568 g/mol. The fraction of sp³-hybridized carbons (Fsp3) is 0.464. The van der Waals surface area contributed by atoms with Gasteiger partial charge in [-0.2, -0.15) is 0 Å². The Balaban J connectivity index is 1.47. The summed E-state index contributed by atoms with van der Waals surface area (Å²) in [6.45, 7) is 2.78. The normalized spacial score (nSPS) is 22.3. The number of hydrogen-bond donors (Lipinski definition) is 3. The highest BCUT2D eigenvalue weighted by Gasteiger charge is 2.54. The summed E-state index contributed by atoms with van der Waals surface area (Å²) in [6.07, 6.45) is 4.40. The van der Waals surface area contributed by atoms with Crippen molar-refractivity contribution in [3.8, 4) is 22.6 Å². The zero-order valence-corrected chi connectivity index (χ0v) is 22.9. The quantitative estimate of drug-likeness (QED) is 0.219. The van der Waals surface area contributed by atoms with E-state index in [-0.39, 0.29) is 19.0 Å².